The highest BCUT2D eigenvalue weighted by Crippen LogP contribution is 2.27. The van der Waals surface area contributed by atoms with Crippen molar-refractivity contribution < 1.29 is 9.53 Å². The summed E-state index contributed by atoms with van der Waals surface area (Å²) in [7, 11) is 0. The van der Waals surface area contributed by atoms with E-state index in [0.717, 1.165) is 5.56 Å². The van der Waals surface area contributed by atoms with Gasteiger partial charge in [-0.05, 0) is 58.7 Å². The van der Waals surface area contributed by atoms with Crippen LogP contribution < -0.4 is 10.2 Å². The lowest BCUT2D eigenvalue weighted by atomic mass is 10.1. The van der Waals surface area contributed by atoms with Crippen molar-refractivity contribution in [3.63, 3.8) is 0 Å². The molecule has 0 heterocycles. The highest BCUT2D eigenvalue weighted by atomic mass is 79.9. The lowest BCUT2D eigenvalue weighted by molar-refractivity contribution is -0.123. The predicted octanol–water partition coefficient (Wildman–Crippen LogP) is 4.68. The third-order valence-corrected chi connectivity index (χ3v) is 3.97. The molecule has 2 aromatic carbocycles. The second-order valence-electron chi connectivity index (χ2n) is 4.60. The summed E-state index contributed by atoms with van der Waals surface area (Å²) in [4.78, 5) is 11.8. The molecule has 0 saturated heterocycles. The van der Waals surface area contributed by atoms with Crippen molar-refractivity contribution in [2.45, 2.75) is 6.92 Å². The number of amides is 1. The molecule has 0 radical (unpaired) electrons. The molecule has 0 atom stereocenters. The van der Waals surface area contributed by atoms with E-state index in [4.69, 9.17) is 27.9 Å². The Balaban J connectivity index is 1.89. The van der Waals surface area contributed by atoms with Gasteiger partial charge in [0, 0.05) is 10.0 Å². The fraction of sp³-hybridized carbons (Fsp3) is 0.125. The van der Waals surface area contributed by atoms with Crippen LogP contribution in [0, 0.1) is 0 Å². The van der Waals surface area contributed by atoms with Crippen LogP contribution in [-0.2, 0) is 4.79 Å². The molecule has 120 valence electrons. The molecule has 1 N–H and O–H groups in total. The number of ether oxygens (including phenoxy) is 1. The number of carbonyl (C=O) groups excluding carboxylic acids is 1. The first-order chi connectivity index (χ1) is 11.0. The first kappa shape index (κ1) is 17.8. The van der Waals surface area contributed by atoms with Gasteiger partial charge in [0.25, 0.3) is 5.91 Å². The van der Waals surface area contributed by atoms with Crippen LogP contribution >= 0.6 is 39.1 Å². The molecule has 0 aliphatic heterocycles. The van der Waals surface area contributed by atoms with Crippen molar-refractivity contribution in [3.8, 4) is 5.75 Å². The number of benzene rings is 2. The van der Waals surface area contributed by atoms with Crippen molar-refractivity contribution in [2.75, 3.05) is 6.61 Å². The Morgan fingerprint density at radius 1 is 1.17 bits per heavy atom. The number of hydrogen-bond acceptors (Lipinski definition) is 3. The normalized spacial score (nSPS) is 11.2. The van der Waals surface area contributed by atoms with Crippen LogP contribution in [0.5, 0.6) is 5.75 Å². The Labute approximate surface area is 152 Å². The zero-order chi connectivity index (χ0) is 16.8. The van der Waals surface area contributed by atoms with Crippen LogP contribution in [0.15, 0.2) is 52.0 Å². The molecule has 0 aromatic heterocycles. The lowest BCUT2D eigenvalue weighted by Crippen LogP contribution is -2.25. The quantitative estimate of drug-likeness (QED) is 0.569. The van der Waals surface area contributed by atoms with Crippen molar-refractivity contribution in [3.05, 3.63) is 62.5 Å². The van der Waals surface area contributed by atoms with E-state index in [9.17, 15) is 4.79 Å². The van der Waals surface area contributed by atoms with Crippen LogP contribution in [0.2, 0.25) is 10.0 Å². The van der Waals surface area contributed by atoms with E-state index >= 15 is 0 Å². The molecule has 0 aliphatic rings. The Hall–Kier alpha value is -1.56. The second-order valence-corrected chi connectivity index (χ2v) is 6.33. The van der Waals surface area contributed by atoms with Gasteiger partial charge in [0.15, 0.2) is 6.61 Å². The maximum Gasteiger partial charge on any atom is 0.277 e. The third kappa shape index (κ3) is 5.53. The van der Waals surface area contributed by atoms with Crippen LogP contribution in [0.3, 0.4) is 0 Å². The molecule has 0 fully saturated rings. The Bertz CT molecular complexity index is 733. The molecular formula is C16H13BrCl2N2O2. The van der Waals surface area contributed by atoms with Crippen molar-refractivity contribution in [1.29, 1.82) is 0 Å². The van der Waals surface area contributed by atoms with E-state index in [1.807, 2.05) is 12.1 Å². The van der Waals surface area contributed by atoms with E-state index in [0.29, 0.717) is 26.0 Å². The lowest BCUT2D eigenvalue weighted by Gasteiger charge is -2.08. The van der Waals surface area contributed by atoms with Crippen LogP contribution in [0.4, 0.5) is 0 Å². The Morgan fingerprint density at radius 3 is 2.48 bits per heavy atom. The number of hydrazone groups is 1. The number of rotatable bonds is 5. The third-order valence-electron chi connectivity index (χ3n) is 2.86. The van der Waals surface area contributed by atoms with Gasteiger partial charge in [0.1, 0.15) is 5.75 Å². The van der Waals surface area contributed by atoms with E-state index in [2.05, 4.69) is 26.5 Å². The fourth-order valence-electron chi connectivity index (χ4n) is 1.67. The molecule has 0 saturated carbocycles. The summed E-state index contributed by atoms with van der Waals surface area (Å²) >= 11 is 15.0. The molecule has 7 heteroatoms. The summed E-state index contributed by atoms with van der Waals surface area (Å²) in [5.74, 6) is 0.170. The van der Waals surface area contributed by atoms with Crippen LogP contribution in [0.1, 0.15) is 12.5 Å². The smallest absolute Gasteiger partial charge is 0.277 e. The van der Waals surface area contributed by atoms with Gasteiger partial charge in [-0.3, -0.25) is 4.79 Å². The second kappa shape index (κ2) is 8.34. The topological polar surface area (TPSA) is 50.7 Å². The van der Waals surface area contributed by atoms with Crippen LogP contribution in [-0.4, -0.2) is 18.2 Å². The summed E-state index contributed by atoms with van der Waals surface area (Å²) in [6.07, 6.45) is 0. The maximum atomic E-state index is 11.8. The summed E-state index contributed by atoms with van der Waals surface area (Å²) < 4.78 is 6.08. The van der Waals surface area contributed by atoms with E-state index in [1.165, 1.54) is 0 Å². The molecular weight excluding hydrogens is 403 g/mol. The molecule has 23 heavy (non-hydrogen) atoms. The van der Waals surface area contributed by atoms with Gasteiger partial charge in [-0.2, -0.15) is 5.10 Å². The molecule has 2 aromatic rings. The summed E-state index contributed by atoms with van der Waals surface area (Å²) in [5, 5.41) is 5.26. The average Bonchev–Trinajstić information content (AvgIpc) is 2.52. The largest absolute Gasteiger partial charge is 0.483 e. The minimum atomic E-state index is -0.361. The number of nitrogens with zero attached hydrogens (tertiary/aromatic N) is 1. The molecule has 1 amide bonds. The number of hydrogen-bond donors (Lipinski definition) is 1. The molecule has 0 spiro atoms. The van der Waals surface area contributed by atoms with Crippen molar-refractivity contribution in [2.24, 2.45) is 5.10 Å². The molecule has 4 nitrogen and oxygen atoms in total. The SMILES string of the molecule is CC(=NNC(=O)COc1ccc(Cl)cc1Br)c1ccc(Cl)cc1. The van der Waals surface area contributed by atoms with Gasteiger partial charge >= 0.3 is 0 Å². The Morgan fingerprint density at radius 2 is 1.83 bits per heavy atom. The van der Waals surface area contributed by atoms with E-state index in [1.54, 1.807) is 37.3 Å². The highest BCUT2D eigenvalue weighted by molar-refractivity contribution is 9.10. The number of carbonyl (C=O) groups is 1. The standard InChI is InChI=1S/C16H13BrCl2N2O2/c1-10(11-2-4-12(18)5-3-11)20-21-16(22)9-23-15-7-6-13(19)8-14(15)17/h2-8H,9H2,1H3,(H,21,22). The van der Waals surface area contributed by atoms with Gasteiger partial charge in [-0.15, -0.1) is 0 Å². The fourth-order valence-corrected chi connectivity index (χ4v) is 2.59. The van der Waals surface area contributed by atoms with E-state index in [-0.39, 0.29) is 12.5 Å². The highest BCUT2D eigenvalue weighted by Gasteiger charge is 2.06. The number of halogens is 3. The molecule has 0 unspecified atom stereocenters. The zero-order valence-corrected chi connectivity index (χ0v) is 15.2. The van der Waals surface area contributed by atoms with Crippen molar-refractivity contribution >= 4 is 50.8 Å². The first-order valence-electron chi connectivity index (χ1n) is 6.62. The van der Waals surface area contributed by atoms with Gasteiger partial charge in [0.2, 0.25) is 0 Å². The van der Waals surface area contributed by atoms with E-state index < -0.39 is 0 Å². The van der Waals surface area contributed by atoms with Crippen LogP contribution in [0.25, 0.3) is 0 Å². The monoisotopic (exact) mass is 414 g/mol. The minimum Gasteiger partial charge on any atom is -0.483 e. The first-order valence-corrected chi connectivity index (χ1v) is 8.17. The van der Waals surface area contributed by atoms with Gasteiger partial charge in [0.05, 0.1) is 10.2 Å². The Kier molecular flexibility index (Phi) is 6.45. The summed E-state index contributed by atoms with van der Waals surface area (Å²) in [6, 6.07) is 12.2. The summed E-state index contributed by atoms with van der Waals surface area (Å²) in [5.41, 5.74) is 3.99. The zero-order valence-electron chi connectivity index (χ0n) is 12.1. The molecule has 0 bridgehead atoms. The average molecular weight is 416 g/mol. The molecule has 2 rings (SSSR count). The number of nitrogens with one attached hydrogen (secondary N) is 1. The molecule has 0 aliphatic carbocycles. The van der Waals surface area contributed by atoms with Gasteiger partial charge < -0.3 is 4.74 Å². The summed E-state index contributed by atoms with van der Waals surface area (Å²) in [6.45, 7) is 1.64. The predicted molar refractivity (Wildman–Crippen MR) is 96.5 cm³/mol. The van der Waals surface area contributed by atoms with Gasteiger partial charge in [-0.1, -0.05) is 35.3 Å². The minimum absolute atomic E-state index is 0.155. The van der Waals surface area contributed by atoms with Crippen molar-refractivity contribution in [1.82, 2.24) is 5.43 Å². The maximum absolute atomic E-state index is 11.8. The van der Waals surface area contributed by atoms with Gasteiger partial charge in [-0.25, -0.2) is 5.43 Å².